The molecule has 0 fully saturated rings. The van der Waals surface area contributed by atoms with Crippen molar-refractivity contribution in [2.24, 2.45) is 0 Å². The molecule has 0 amide bonds. The van der Waals surface area contributed by atoms with Crippen LogP contribution in [-0.2, 0) is 6.42 Å². The van der Waals surface area contributed by atoms with Gasteiger partial charge in [0.05, 0.1) is 11.8 Å². The Hall–Kier alpha value is -0.960. The van der Waals surface area contributed by atoms with Crippen molar-refractivity contribution in [1.82, 2.24) is 9.97 Å². The Kier molecular flexibility index (Phi) is 4.21. The molecule has 0 saturated heterocycles. The molecule has 15 heavy (non-hydrogen) atoms. The summed E-state index contributed by atoms with van der Waals surface area (Å²) in [6.07, 6.45) is 2.52. The molecular formula is C12H20N2O. The molecule has 0 saturated carbocycles. The van der Waals surface area contributed by atoms with Crippen LogP contribution in [0.4, 0.5) is 0 Å². The quantitative estimate of drug-likeness (QED) is 0.712. The number of hydrogen-bond acceptors (Lipinski definition) is 3. The first-order valence-electron chi connectivity index (χ1n) is 5.70. The molecule has 84 valence electrons. The number of fused-ring (bicyclic) bond motifs is 1. The van der Waals surface area contributed by atoms with Crippen molar-refractivity contribution in [2.45, 2.75) is 53.1 Å². The van der Waals surface area contributed by atoms with Gasteiger partial charge in [0.15, 0.2) is 0 Å². The molecule has 1 N–H and O–H groups in total. The molecule has 1 aromatic rings. The van der Waals surface area contributed by atoms with Gasteiger partial charge >= 0.3 is 0 Å². The van der Waals surface area contributed by atoms with Crippen molar-refractivity contribution in [3.8, 4) is 0 Å². The first-order chi connectivity index (χ1) is 7.18. The minimum absolute atomic E-state index is 0.343. The predicted octanol–water partition coefficient (Wildman–Crippen LogP) is 2.49. The first kappa shape index (κ1) is 12.1. The zero-order valence-corrected chi connectivity index (χ0v) is 10.0. The topological polar surface area (TPSA) is 46.0 Å². The molecule has 0 aromatic carbocycles. The van der Waals surface area contributed by atoms with Crippen LogP contribution in [0.1, 0.15) is 55.6 Å². The Balaban J connectivity index is 0.000000531. The molecule has 2 rings (SSSR count). The van der Waals surface area contributed by atoms with E-state index in [2.05, 4.69) is 9.97 Å². The lowest BCUT2D eigenvalue weighted by Crippen LogP contribution is -2.15. The molecule has 1 atom stereocenters. The van der Waals surface area contributed by atoms with Crippen molar-refractivity contribution in [1.29, 1.82) is 0 Å². The molecule has 1 aliphatic carbocycles. The van der Waals surface area contributed by atoms with E-state index in [1.165, 1.54) is 0 Å². The second kappa shape index (κ2) is 5.21. The van der Waals surface area contributed by atoms with E-state index >= 15 is 0 Å². The molecule has 0 radical (unpaired) electrons. The van der Waals surface area contributed by atoms with Gasteiger partial charge in [-0.3, -0.25) is 0 Å². The van der Waals surface area contributed by atoms with E-state index in [0.29, 0.717) is 0 Å². The number of rotatable bonds is 0. The maximum Gasteiger partial charge on any atom is 0.125 e. The average molecular weight is 208 g/mol. The van der Waals surface area contributed by atoms with Crippen molar-refractivity contribution >= 4 is 0 Å². The van der Waals surface area contributed by atoms with Crippen molar-refractivity contribution in [2.75, 3.05) is 0 Å². The second-order valence-electron chi connectivity index (χ2n) is 3.62. The first-order valence-corrected chi connectivity index (χ1v) is 5.70. The highest BCUT2D eigenvalue weighted by atomic mass is 16.3. The number of hydrogen-bond donors (Lipinski definition) is 1. The predicted molar refractivity (Wildman–Crippen MR) is 60.8 cm³/mol. The lowest BCUT2D eigenvalue weighted by molar-refractivity contribution is 0.154. The van der Waals surface area contributed by atoms with Crippen molar-refractivity contribution in [3.63, 3.8) is 0 Å². The van der Waals surface area contributed by atoms with Gasteiger partial charge in [-0.15, -0.1) is 0 Å². The molecule has 0 spiro atoms. The van der Waals surface area contributed by atoms with Crippen molar-refractivity contribution < 1.29 is 5.11 Å². The molecule has 1 aliphatic rings. The number of aliphatic hydroxyl groups is 1. The molecule has 1 heterocycles. The number of aromatic nitrogens is 2. The molecule has 0 aliphatic heterocycles. The third-order valence-corrected chi connectivity index (χ3v) is 2.55. The lowest BCUT2D eigenvalue weighted by Gasteiger charge is -2.21. The highest BCUT2D eigenvalue weighted by molar-refractivity contribution is 5.29. The summed E-state index contributed by atoms with van der Waals surface area (Å²) in [5, 5.41) is 9.75. The molecular weight excluding hydrogens is 188 g/mol. The summed E-state index contributed by atoms with van der Waals surface area (Å²) < 4.78 is 0. The standard InChI is InChI=1S/C10H14N2O.C2H6/c1-6-10-8(12-7(2)11-6)4-3-5-9(10)13;1-2/h9,13H,3-5H2,1-2H3;1-2H3. The number of aliphatic hydroxyl groups excluding tert-OH is 1. The van der Waals surface area contributed by atoms with E-state index in [1.54, 1.807) is 0 Å². The van der Waals surface area contributed by atoms with Gasteiger partial charge < -0.3 is 5.11 Å². The monoisotopic (exact) mass is 208 g/mol. The maximum atomic E-state index is 9.75. The van der Waals surface area contributed by atoms with Gasteiger partial charge in [-0.05, 0) is 33.1 Å². The maximum absolute atomic E-state index is 9.75. The Labute approximate surface area is 91.6 Å². The fraction of sp³-hybridized carbons (Fsp3) is 0.667. The largest absolute Gasteiger partial charge is 0.388 e. The van der Waals surface area contributed by atoms with E-state index in [9.17, 15) is 5.11 Å². The smallest absolute Gasteiger partial charge is 0.125 e. The zero-order valence-electron chi connectivity index (χ0n) is 10.0. The Morgan fingerprint density at radius 3 is 2.53 bits per heavy atom. The summed E-state index contributed by atoms with van der Waals surface area (Å²) >= 11 is 0. The van der Waals surface area contributed by atoms with E-state index in [0.717, 1.165) is 42.0 Å². The summed E-state index contributed by atoms with van der Waals surface area (Å²) in [5.41, 5.74) is 2.95. The van der Waals surface area contributed by atoms with Crippen LogP contribution in [0.2, 0.25) is 0 Å². The fourth-order valence-corrected chi connectivity index (χ4v) is 2.02. The average Bonchev–Trinajstić information content (AvgIpc) is 2.19. The third-order valence-electron chi connectivity index (χ3n) is 2.55. The van der Waals surface area contributed by atoms with E-state index < -0.39 is 0 Å². The molecule has 3 heteroatoms. The van der Waals surface area contributed by atoms with E-state index in [1.807, 2.05) is 27.7 Å². The fourth-order valence-electron chi connectivity index (χ4n) is 2.02. The zero-order chi connectivity index (χ0) is 11.4. The minimum atomic E-state index is -0.343. The van der Waals surface area contributed by atoms with Gasteiger partial charge in [-0.1, -0.05) is 13.8 Å². The van der Waals surface area contributed by atoms with Gasteiger partial charge in [0.25, 0.3) is 0 Å². The normalized spacial score (nSPS) is 18.9. The summed E-state index contributed by atoms with van der Waals surface area (Å²) in [7, 11) is 0. The molecule has 1 aromatic heterocycles. The van der Waals surface area contributed by atoms with Crippen LogP contribution in [0.25, 0.3) is 0 Å². The van der Waals surface area contributed by atoms with E-state index in [4.69, 9.17) is 0 Å². The SMILES string of the molecule is CC.Cc1nc(C)c2c(n1)CCCC2O. The van der Waals surface area contributed by atoms with Crippen LogP contribution in [0.3, 0.4) is 0 Å². The van der Waals surface area contributed by atoms with Gasteiger partial charge in [-0.2, -0.15) is 0 Å². The van der Waals surface area contributed by atoms with Gasteiger partial charge in [0, 0.05) is 11.3 Å². The van der Waals surface area contributed by atoms with Gasteiger partial charge in [0.2, 0.25) is 0 Å². The van der Waals surface area contributed by atoms with Gasteiger partial charge in [0.1, 0.15) is 5.82 Å². The minimum Gasteiger partial charge on any atom is -0.388 e. The summed E-state index contributed by atoms with van der Waals surface area (Å²) in [6.45, 7) is 7.84. The Morgan fingerprint density at radius 1 is 1.20 bits per heavy atom. The van der Waals surface area contributed by atoms with Crippen LogP contribution < -0.4 is 0 Å². The highest BCUT2D eigenvalue weighted by Gasteiger charge is 2.21. The summed E-state index contributed by atoms with van der Waals surface area (Å²) in [6, 6.07) is 0. The molecule has 3 nitrogen and oxygen atoms in total. The summed E-state index contributed by atoms with van der Waals surface area (Å²) in [4.78, 5) is 8.62. The van der Waals surface area contributed by atoms with Crippen molar-refractivity contribution in [3.05, 3.63) is 22.8 Å². The highest BCUT2D eigenvalue weighted by Crippen LogP contribution is 2.29. The Morgan fingerprint density at radius 2 is 1.87 bits per heavy atom. The molecule has 1 unspecified atom stereocenters. The third kappa shape index (κ3) is 2.53. The second-order valence-corrected chi connectivity index (χ2v) is 3.62. The van der Waals surface area contributed by atoms with Crippen LogP contribution in [0, 0.1) is 13.8 Å². The Bertz CT molecular complexity index is 337. The van der Waals surface area contributed by atoms with Crippen LogP contribution >= 0.6 is 0 Å². The van der Waals surface area contributed by atoms with Gasteiger partial charge in [-0.25, -0.2) is 9.97 Å². The lowest BCUT2D eigenvalue weighted by atomic mass is 9.92. The van der Waals surface area contributed by atoms with Crippen LogP contribution in [0.15, 0.2) is 0 Å². The van der Waals surface area contributed by atoms with Crippen LogP contribution in [-0.4, -0.2) is 15.1 Å². The van der Waals surface area contributed by atoms with E-state index in [-0.39, 0.29) is 6.10 Å². The molecule has 0 bridgehead atoms. The number of aryl methyl sites for hydroxylation is 3. The number of nitrogens with zero attached hydrogens (tertiary/aromatic N) is 2. The summed E-state index contributed by atoms with van der Waals surface area (Å²) in [5.74, 6) is 0.811. The van der Waals surface area contributed by atoms with Crippen LogP contribution in [0.5, 0.6) is 0 Å².